The first-order valence-corrected chi connectivity index (χ1v) is 8.21. The summed E-state index contributed by atoms with van der Waals surface area (Å²) < 4.78 is 21.3. The van der Waals surface area contributed by atoms with Crippen LogP contribution in [0.5, 0.6) is 0 Å². The molecule has 1 fully saturated rings. The van der Waals surface area contributed by atoms with Crippen molar-refractivity contribution < 1.29 is 24.4 Å². The molecule has 0 bridgehead atoms. The Labute approximate surface area is 148 Å². The van der Waals surface area contributed by atoms with E-state index in [0.717, 1.165) is 11.1 Å². The summed E-state index contributed by atoms with van der Waals surface area (Å²) in [4.78, 5) is 8.32. The van der Waals surface area contributed by atoms with Crippen LogP contribution in [0.1, 0.15) is 23.6 Å². The van der Waals surface area contributed by atoms with Crippen molar-refractivity contribution in [2.45, 2.75) is 37.6 Å². The molecule has 5 atom stereocenters. The molecule has 3 N–H and O–H groups in total. The predicted octanol–water partition coefficient (Wildman–Crippen LogP) is 1.23. The highest BCUT2D eigenvalue weighted by atomic mass is 19.1. The van der Waals surface area contributed by atoms with E-state index in [0.29, 0.717) is 5.65 Å². The molecule has 3 heterocycles. The van der Waals surface area contributed by atoms with Gasteiger partial charge in [-0.3, -0.25) is 0 Å². The lowest BCUT2D eigenvalue weighted by atomic mass is 9.99. The van der Waals surface area contributed by atoms with Gasteiger partial charge in [-0.25, -0.2) is 14.4 Å². The summed E-state index contributed by atoms with van der Waals surface area (Å²) in [6.45, 7) is 1.83. The molecule has 3 aromatic rings. The zero-order valence-electron chi connectivity index (χ0n) is 13.9. The molecule has 0 aliphatic carbocycles. The monoisotopic (exact) mass is 359 g/mol. The van der Waals surface area contributed by atoms with Crippen LogP contribution in [-0.4, -0.2) is 48.2 Å². The third-order valence-electron chi connectivity index (χ3n) is 4.79. The Kier molecular flexibility index (Phi) is 4.20. The van der Waals surface area contributed by atoms with Gasteiger partial charge in [-0.1, -0.05) is 18.2 Å². The van der Waals surface area contributed by atoms with Gasteiger partial charge in [0.15, 0.2) is 6.23 Å². The fourth-order valence-electron chi connectivity index (χ4n) is 3.37. The zero-order chi connectivity index (χ0) is 18.4. The van der Waals surface area contributed by atoms with Crippen LogP contribution >= 0.6 is 0 Å². The number of aryl methyl sites for hydroxylation is 1. The van der Waals surface area contributed by atoms with Crippen molar-refractivity contribution in [2.24, 2.45) is 0 Å². The van der Waals surface area contributed by atoms with Crippen LogP contribution in [0, 0.1) is 12.7 Å². The van der Waals surface area contributed by atoms with Crippen molar-refractivity contribution >= 4 is 11.0 Å². The van der Waals surface area contributed by atoms with Crippen molar-refractivity contribution in [3.63, 3.8) is 0 Å². The molecule has 8 heteroatoms. The molecule has 1 aromatic carbocycles. The molecule has 4 rings (SSSR count). The highest BCUT2D eigenvalue weighted by Gasteiger charge is 2.47. The lowest BCUT2D eigenvalue weighted by Gasteiger charge is -2.21. The second-order valence-electron chi connectivity index (χ2n) is 6.36. The number of ether oxygens (including phenoxy) is 1. The lowest BCUT2D eigenvalue weighted by molar-refractivity contribution is -0.0856. The Balaban J connectivity index is 1.68. The summed E-state index contributed by atoms with van der Waals surface area (Å²) in [5, 5.41) is 32.1. The van der Waals surface area contributed by atoms with Gasteiger partial charge in [0.1, 0.15) is 42.2 Å². The predicted molar refractivity (Wildman–Crippen MR) is 89.5 cm³/mol. The van der Waals surface area contributed by atoms with Crippen LogP contribution in [0.25, 0.3) is 11.0 Å². The van der Waals surface area contributed by atoms with Crippen LogP contribution in [0.15, 0.2) is 42.9 Å². The number of aromatic nitrogens is 3. The van der Waals surface area contributed by atoms with Gasteiger partial charge in [0.05, 0.1) is 5.69 Å². The molecule has 136 valence electrons. The minimum Gasteiger partial charge on any atom is -0.387 e. The molecule has 1 unspecified atom stereocenters. The standard InChI is InChI=1S/C18H18FN3O4/c1-9-10-6-7-22(17(10)21-8-20-9)18-15(25)14(24)16(26-18)13(23)11-4-2-3-5-12(11)19/h2-8,13-16,18,23-25H,1H3/t13?,14-,15+,16+,18+/m0/s1. The molecule has 2 aromatic heterocycles. The van der Waals surface area contributed by atoms with Crippen LogP contribution in [0.3, 0.4) is 0 Å². The van der Waals surface area contributed by atoms with E-state index in [-0.39, 0.29) is 5.56 Å². The second kappa shape index (κ2) is 6.40. The summed E-state index contributed by atoms with van der Waals surface area (Å²) >= 11 is 0. The molecular formula is C18H18FN3O4. The van der Waals surface area contributed by atoms with Gasteiger partial charge in [-0.2, -0.15) is 0 Å². The molecular weight excluding hydrogens is 341 g/mol. The summed E-state index contributed by atoms with van der Waals surface area (Å²) in [6, 6.07) is 7.50. The van der Waals surface area contributed by atoms with Crippen LogP contribution in [-0.2, 0) is 4.74 Å². The quantitative estimate of drug-likeness (QED) is 0.650. The number of hydrogen-bond acceptors (Lipinski definition) is 6. The fourth-order valence-corrected chi connectivity index (χ4v) is 3.37. The number of fused-ring (bicyclic) bond motifs is 1. The van der Waals surface area contributed by atoms with Crippen molar-refractivity contribution in [1.82, 2.24) is 14.5 Å². The highest BCUT2D eigenvalue weighted by Crippen LogP contribution is 2.38. The van der Waals surface area contributed by atoms with E-state index in [1.807, 2.05) is 6.92 Å². The number of nitrogens with zero attached hydrogens (tertiary/aromatic N) is 3. The van der Waals surface area contributed by atoms with Gasteiger partial charge in [-0.15, -0.1) is 0 Å². The van der Waals surface area contributed by atoms with Crippen molar-refractivity contribution in [2.75, 3.05) is 0 Å². The largest absolute Gasteiger partial charge is 0.387 e. The maximum absolute atomic E-state index is 14.0. The summed E-state index contributed by atoms with van der Waals surface area (Å²) in [5.41, 5.74) is 1.31. The SMILES string of the molecule is Cc1ncnc2c1ccn2[C@@H]1O[C@H](C(O)c2ccccc2F)[C@@H](O)[C@H]1O. The first-order chi connectivity index (χ1) is 12.5. The molecule has 7 nitrogen and oxygen atoms in total. The maximum atomic E-state index is 14.0. The molecule has 0 radical (unpaired) electrons. The van der Waals surface area contributed by atoms with Crippen LogP contribution < -0.4 is 0 Å². The van der Waals surface area contributed by atoms with Crippen LogP contribution in [0.2, 0.25) is 0 Å². The Morgan fingerprint density at radius 1 is 1.15 bits per heavy atom. The van der Waals surface area contributed by atoms with Crippen molar-refractivity contribution in [3.05, 3.63) is 59.9 Å². The van der Waals surface area contributed by atoms with Crippen LogP contribution in [0.4, 0.5) is 4.39 Å². The molecule has 0 spiro atoms. The average Bonchev–Trinajstić information content (AvgIpc) is 3.18. The zero-order valence-corrected chi connectivity index (χ0v) is 13.9. The van der Waals surface area contributed by atoms with Crippen molar-refractivity contribution in [1.29, 1.82) is 0 Å². The van der Waals surface area contributed by atoms with E-state index >= 15 is 0 Å². The maximum Gasteiger partial charge on any atom is 0.164 e. The van der Waals surface area contributed by atoms with E-state index in [9.17, 15) is 19.7 Å². The summed E-state index contributed by atoms with van der Waals surface area (Å²) in [6.07, 6.45) is -3.22. The van der Waals surface area contributed by atoms with Gasteiger partial charge < -0.3 is 24.6 Å². The Hall–Kier alpha value is -2.39. The first-order valence-electron chi connectivity index (χ1n) is 8.21. The molecule has 1 aliphatic heterocycles. The van der Waals surface area contributed by atoms with Gasteiger partial charge in [0.25, 0.3) is 0 Å². The molecule has 0 saturated carbocycles. The number of aliphatic hydroxyl groups excluding tert-OH is 3. The van der Waals surface area contributed by atoms with Gasteiger partial charge in [0, 0.05) is 17.1 Å². The molecule has 1 aliphatic rings. The molecule has 0 amide bonds. The number of halogens is 1. The van der Waals surface area contributed by atoms with Crippen molar-refractivity contribution in [3.8, 4) is 0 Å². The average molecular weight is 359 g/mol. The van der Waals surface area contributed by atoms with E-state index < -0.39 is 36.5 Å². The topological polar surface area (TPSA) is 101 Å². The Morgan fingerprint density at radius 2 is 1.92 bits per heavy atom. The van der Waals surface area contributed by atoms with E-state index in [2.05, 4.69) is 9.97 Å². The van der Waals surface area contributed by atoms with Gasteiger partial charge in [0.2, 0.25) is 0 Å². The van der Waals surface area contributed by atoms with E-state index in [1.165, 1.54) is 24.5 Å². The number of aliphatic hydroxyl groups is 3. The minimum absolute atomic E-state index is 0.0000615. The van der Waals surface area contributed by atoms with E-state index in [4.69, 9.17) is 4.74 Å². The third kappa shape index (κ3) is 2.58. The first kappa shape index (κ1) is 17.0. The van der Waals surface area contributed by atoms with Gasteiger partial charge >= 0.3 is 0 Å². The second-order valence-corrected chi connectivity index (χ2v) is 6.36. The normalized spacial score (nSPS) is 27.1. The fraction of sp³-hybridized carbons (Fsp3) is 0.333. The highest BCUT2D eigenvalue weighted by molar-refractivity contribution is 5.78. The van der Waals surface area contributed by atoms with Gasteiger partial charge in [-0.05, 0) is 19.1 Å². The smallest absolute Gasteiger partial charge is 0.164 e. The minimum atomic E-state index is -1.43. The van der Waals surface area contributed by atoms with E-state index in [1.54, 1.807) is 22.9 Å². The Bertz CT molecular complexity index is 947. The third-order valence-corrected chi connectivity index (χ3v) is 4.79. The number of hydrogen-bond donors (Lipinski definition) is 3. The molecule has 26 heavy (non-hydrogen) atoms. The lowest BCUT2D eigenvalue weighted by Crippen LogP contribution is -2.35. The molecule has 1 saturated heterocycles. The number of rotatable bonds is 3. The number of benzene rings is 1. The summed E-state index contributed by atoms with van der Waals surface area (Å²) in [5.74, 6) is -0.608. The Morgan fingerprint density at radius 3 is 2.69 bits per heavy atom. The summed E-state index contributed by atoms with van der Waals surface area (Å²) in [7, 11) is 0.